The molecule has 1 aromatic carbocycles. The SMILES string of the molecule is COc1cccc(C(N(C)C)C(C)(C)O)c1. The molecule has 0 aromatic heterocycles. The molecular weight excluding hydrogens is 202 g/mol. The fourth-order valence-electron chi connectivity index (χ4n) is 2.15. The third-order valence-corrected chi connectivity index (χ3v) is 2.60. The Labute approximate surface area is 97.7 Å². The maximum atomic E-state index is 10.2. The van der Waals surface area contributed by atoms with Gasteiger partial charge in [-0.1, -0.05) is 12.1 Å². The van der Waals surface area contributed by atoms with Gasteiger partial charge in [0.05, 0.1) is 18.8 Å². The molecule has 0 spiro atoms. The van der Waals surface area contributed by atoms with Gasteiger partial charge in [0.1, 0.15) is 5.75 Å². The summed E-state index contributed by atoms with van der Waals surface area (Å²) in [6.45, 7) is 3.63. The van der Waals surface area contributed by atoms with Crippen molar-refractivity contribution >= 4 is 0 Å². The van der Waals surface area contributed by atoms with E-state index in [0.29, 0.717) is 0 Å². The summed E-state index contributed by atoms with van der Waals surface area (Å²) in [5.41, 5.74) is 0.257. The van der Waals surface area contributed by atoms with Gasteiger partial charge in [0.15, 0.2) is 0 Å². The van der Waals surface area contributed by atoms with E-state index in [9.17, 15) is 5.11 Å². The molecule has 1 unspecified atom stereocenters. The second-order valence-electron chi connectivity index (χ2n) is 4.80. The van der Waals surface area contributed by atoms with Crippen LogP contribution in [0.2, 0.25) is 0 Å². The smallest absolute Gasteiger partial charge is 0.119 e. The Kier molecular flexibility index (Phi) is 3.94. The van der Waals surface area contributed by atoms with Gasteiger partial charge in [-0.2, -0.15) is 0 Å². The van der Waals surface area contributed by atoms with Gasteiger partial charge >= 0.3 is 0 Å². The minimum absolute atomic E-state index is 0.0531. The highest BCUT2D eigenvalue weighted by molar-refractivity contribution is 5.31. The summed E-state index contributed by atoms with van der Waals surface area (Å²) < 4.78 is 5.20. The Bertz CT molecular complexity index is 342. The Hall–Kier alpha value is -1.06. The maximum absolute atomic E-state index is 10.2. The highest BCUT2D eigenvalue weighted by atomic mass is 16.5. The number of likely N-dealkylation sites (N-methyl/N-ethyl adjacent to an activating group) is 1. The molecule has 90 valence electrons. The number of aliphatic hydroxyl groups is 1. The number of nitrogens with zero attached hydrogens (tertiary/aromatic N) is 1. The second kappa shape index (κ2) is 4.85. The van der Waals surface area contributed by atoms with Crippen LogP contribution < -0.4 is 4.74 Å². The number of methoxy groups -OCH3 is 1. The zero-order valence-electron chi connectivity index (χ0n) is 10.7. The molecule has 1 N–H and O–H groups in total. The number of hydrogen-bond acceptors (Lipinski definition) is 3. The first-order valence-electron chi connectivity index (χ1n) is 5.39. The normalized spacial score (nSPS) is 13.9. The molecule has 3 nitrogen and oxygen atoms in total. The zero-order valence-corrected chi connectivity index (χ0v) is 10.7. The van der Waals surface area contributed by atoms with E-state index in [1.54, 1.807) is 7.11 Å². The average molecular weight is 223 g/mol. The molecule has 16 heavy (non-hydrogen) atoms. The maximum Gasteiger partial charge on any atom is 0.119 e. The van der Waals surface area contributed by atoms with Gasteiger partial charge in [0, 0.05) is 0 Å². The van der Waals surface area contributed by atoms with Gasteiger partial charge < -0.3 is 9.84 Å². The van der Waals surface area contributed by atoms with E-state index >= 15 is 0 Å². The lowest BCUT2D eigenvalue weighted by Gasteiger charge is -2.35. The van der Waals surface area contributed by atoms with Gasteiger partial charge in [-0.15, -0.1) is 0 Å². The molecule has 0 saturated carbocycles. The fourth-order valence-corrected chi connectivity index (χ4v) is 2.15. The first kappa shape index (κ1) is 13.0. The first-order valence-corrected chi connectivity index (χ1v) is 5.39. The largest absolute Gasteiger partial charge is 0.497 e. The van der Waals surface area contributed by atoms with Gasteiger partial charge in [0.25, 0.3) is 0 Å². The van der Waals surface area contributed by atoms with Crippen LogP contribution in [0.5, 0.6) is 5.75 Å². The van der Waals surface area contributed by atoms with Gasteiger partial charge in [-0.3, -0.25) is 4.90 Å². The molecule has 0 bridgehead atoms. The van der Waals surface area contributed by atoms with Crippen molar-refractivity contribution in [2.75, 3.05) is 21.2 Å². The van der Waals surface area contributed by atoms with E-state index in [2.05, 4.69) is 0 Å². The molecule has 3 heteroatoms. The number of rotatable bonds is 4. The van der Waals surface area contributed by atoms with Crippen molar-refractivity contribution in [3.8, 4) is 5.75 Å². The van der Waals surface area contributed by atoms with Crippen molar-refractivity contribution in [3.63, 3.8) is 0 Å². The predicted molar refractivity (Wildman–Crippen MR) is 65.7 cm³/mol. The second-order valence-corrected chi connectivity index (χ2v) is 4.80. The van der Waals surface area contributed by atoms with Crippen LogP contribution in [0.25, 0.3) is 0 Å². The summed E-state index contributed by atoms with van der Waals surface area (Å²) >= 11 is 0. The van der Waals surface area contributed by atoms with E-state index in [4.69, 9.17) is 4.74 Å². The first-order chi connectivity index (χ1) is 7.36. The van der Waals surface area contributed by atoms with Gasteiger partial charge in [0.2, 0.25) is 0 Å². The third kappa shape index (κ3) is 2.97. The minimum Gasteiger partial charge on any atom is -0.497 e. The molecule has 0 saturated heterocycles. The molecule has 0 aliphatic carbocycles. The summed E-state index contributed by atoms with van der Waals surface area (Å²) in [6.07, 6.45) is 0. The molecule has 0 heterocycles. The highest BCUT2D eigenvalue weighted by Crippen LogP contribution is 2.31. The van der Waals surface area contributed by atoms with Crippen LogP contribution in [0.3, 0.4) is 0 Å². The molecule has 0 aliphatic heterocycles. The molecular formula is C13H21NO2. The predicted octanol–water partition coefficient (Wildman–Crippen LogP) is 2.07. The van der Waals surface area contributed by atoms with Crippen LogP contribution in [0.1, 0.15) is 25.5 Å². The van der Waals surface area contributed by atoms with Crippen molar-refractivity contribution in [2.45, 2.75) is 25.5 Å². The highest BCUT2D eigenvalue weighted by Gasteiger charge is 2.30. The van der Waals surface area contributed by atoms with Crippen LogP contribution in [-0.2, 0) is 0 Å². The van der Waals surface area contributed by atoms with Crippen LogP contribution in [0.4, 0.5) is 0 Å². The summed E-state index contributed by atoms with van der Waals surface area (Å²) in [5, 5.41) is 10.2. The molecule has 0 radical (unpaired) electrons. The molecule has 0 aliphatic rings. The number of hydrogen-bond donors (Lipinski definition) is 1. The minimum atomic E-state index is -0.796. The summed E-state index contributed by atoms with van der Waals surface area (Å²) in [7, 11) is 5.57. The van der Waals surface area contributed by atoms with Gasteiger partial charge in [-0.05, 0) is 45.6 Å². The average Bonchev–Trinajstić information content (AvgIpc) is 2.15. The van der Waals surface area contributed by atoms with Crippen molar-refractivity contribution in [3.05, 3.63) is 29.8 Å². The molecule has 1 rings (SSSR count). The van der Waals surface area contributed by atoms with Crippen molar-refractivity contribution < 1.29 is 9.84 Å². The topological polar surface area (TPSA) is 32.7 Å². The monoisotopic (exact) mass is 223 g/mol. The summed E-state index contributed by atoms with van der Waals surface area (Å²) in [5.74, 6) is 0.814. The van der Waals surface area contributed by atoms with Crippen LogP contribution in [0.15, 0.2) is 24.3 Å². The third-order valence-electron chi connectivity index (χ3n) is 2.60. The van der Waals surface area contributed by atoms with Crippen molar-refractivity contribution in [1.82, 2.24) is 4.90 Å². The Morgan fingerprint density at radius 2 is 1.94 bits per heavy atom. The summed E-state index contributed by atoms with van der Waals surface area (Å²) in [4.78, 5) is 2.01. The Morgan fingerprint density at radius 3 is 2.38 bits per heavy atom. The Balaban J connectivity index is 3.11. The van der Waals surface area contributed by atoms with E-state index in [0.717, 1.165) is 11.3 Å². The Morgan fingerprint density at radius 1 is 1.31 bits per heavy atom. The van der Waals surface area contributed by atoms with E-state index in [1.165, 1.54) is 0 Å². The zero-order chi connectivity index (χ0) is 12.3. The van der Waals surface area contributed by atoms with E-state index in [1.807, 2.05) is 57.1 Å². The molecule has 1 atom stereocenters. The van der Waals surface area contributed by atoms with Crippen molar-refractivity contribution in [2.24, 2.45) is 0 Å². The lowest BCUT2D eigenvalue weighted by atomic mass is 9.91. The van der Waals surface area contributed by atoms with Crippen LogP contribution >= 0.6 is 0 Å². The molecule has 0 fully saturated rings. The summed E-state index contributed by atoms with van der Waals surface area (Å²) in [6, 6.07) is 7.76. The van der Waals surface area contributed by atoms with Crippen LogP contribution in [-0.4, -0.2) is 36.8 Å². The van der Waals surface area contributed by atoms with Crippen molar-refractivity contribution in [1.29, 1.82) is 0 Å². The van der Waals surface area contributed by atoms with E-state index < -0.39 is 5.60 Å². The molecule has 0 amide bonds. The number of ether oxygens (including phenoxy) is 1. The standard InChI is InChI=1S/C13H21NO2/c1-13(2,15)12(14(3)4)10-7-6-8-11(9-10)16-5/h6-9,12,15H,1-5H3. The van der Waals surface area contributed by atoms with Crippen LogP contribution in [0, 0.1) is 0 Å². The van der Waals surface area contributed by atoms with E-state index in [-0.39, 0.29) is 6.04 Å². The quantitative estimate of drug-likeness (QED) is 0.848. The lowest BCUT2D eigenvalue weighted by molar-refractivity contribution is -0.00320. The fraction of sp³-hybridized carbons (Fsp3) is 0.538. The molecule has 1 aromatic rings. The van der Waals surface area contributed by atoms with Gasteiger partial charge in [-0.25, -0.2) is 0 Å². The number of benzene rings is 1. The lowest BCUT2D eigenvalue weighted by Crippen LogP contribution is -2.38.